The van der Waals surface area contributed by atoms with Gasteiger partial charge in [0.15, 0.2) is 0 Å². The van der Waals surface area contributed by atoms with E-state index in [4.69, 9.17) is 5.73 Å². The highest BCUT2D eigenvalue weighted by molar-refractivity contribution is 5.74. The Hall–Kier alpha value is -4.12. The molecular weight excluding hydrogens is 647 g/mol. The van der Waals surface area contributed by atoms with Crippen LogP contribution in [0.5, 0.6) is 0 Å². The van der Waals surface area contributed by atoms with Crippen LogP contribution in [0.2, 0.25) is 0 Å². The molecule has 1 saturated carbocycles. The molecule has 2 heterocycles. The first-order chi connectivity index (χ1) is 21.8. The van der Waals surface area contributed by atoms with Crippen LogP contribution in [0.1, 0.15) is 66.8 Å². The van der Waals surface area contributed by atoms with Crippen molar-refractivity contribution in [3.63, 3.8) is 0 Å². The van der Waals surface area contributed by atoms with Gasteiger partial charge in [-0.15, -0.1) is 5.10 Å². The lowest BCUT2D eigenvalue weighted by molar-refractivity contribution is -0.143. The number of carbonyl (C=O) groups excluding carboxylic acids is 1. The van der Waals surface area contributed by atoms with Crippen molar-refractivity contribution in [2.45, 2.75) is 70.6 Å². The fourth-order valence-electron chi connectivity index (χ4n) is 5.77. The molecule has 2 N–H and O–H groups in total. The van der Waals surface area contributed by atoms with E-state index in [0.29, 0.717) is 31.4 Å². The number of benzene rings is 1. The molecule has 1 amide bonds. The Kier molecular flexibility index (Phi) is 10.6. The van der Waals surface area contributed by atoms with Crippen molar-refractivity contribution in [2.75, 3.05) is 22.9 Å². The van der Waals surface area contributed by atoms with E-state index in [1.54, 1.807) is 11.8 Å². The number of amides is 1. The van der Waals surface area contributed by atoms with Crippen LogP contribution in [0.4, 0.5) is 51.3 Å². The van der Waals surface area contributed by atoms with Crippen LogP contribution in [-0.4, -0.2) is 44.2 Å². The van der Waals surface area contributed by atoms with Gasteiger partial charge in [0.1, 0.15) is 5.82 Å². The Balaban J connectivity index is 1.72. The zero-order valence-corrected chi connectivity index (χ0v) is 25.4. The smallest absolute Gasteiger partial charge is 0.370 e. The molecule has 258 valence electrons. The molecule has 18 heteroatoms. The predicted octanol–water partition coefficient (Wildman–Crippen LogP) is 6.38. The summed E-state index contributed by atoms with van der Waals surface area (Å²) < 4.78 is 123. The zero-order valence-electron chi connectivity index (χ0n) is 25.4. The molecule has 2 aromatic heterocycles. The Morgan fingerprint density at radius 1 is 0.851 bits per heavy atom. The zero-order chi connectivity index (χ0) is 34.7. The van der Waals surface area contributed by atoms with E-state index in [0.717, 1.165) is 41.4 Å². The summed E-state index contributed by atoms with van der Waals surface area (Å²) in [6, 6.07) is 1.92. The van der Waals surface area contributed by atoms with Crippen molar-refractivity contribution in [3.8, 4) is 0 Å². The number of carbonyl (C=O) groups is 1. The Morgan fingerprint density at radius 2 is 1.43 bits per heavy atom. The molecule has 1 aliphatic rings. The molecule has 9 nitrogen and oxygen atoms in total. The number of pyridine rings is 1. The summed E-state index contributed by atoms with van der Waals surface area (Å²) in [6.07, 6.45) is -11.1. The minimum absolute atomic E-state index is 0.000404. The quantitative estimate of drug-likeness (QED) is 0.235. The van der Waals surface area contributed by atoms with Gasteiger partial charge >= 0.3 is 18.5 Å². The lowest BCUT2D eigenvalue weighted by Crippen LogP contribution is -2.34. The maximum absolute atomic E-state index is 13.9. The molecule has 1 aliphatic carbocycles. The molecule has 47 heavy (non-hydrogen) atoms. The van der Waals surface area contributed by atoms with Crippen LogP contribution in [0.3, 0.4) is 0 Å². The molecule has 1 fully saturated rings. The summed E-state index contributed by atoms with van der Waals surface area (Å²) in [5.74, 6) is -0.185. The van der Waals surface area contributed by atoms with E-state index >= 15 is 0 Å². The van der Waals surface area contributed by atoms with Crippen molar-refractivity contribution in [1.29, 1.82) is 0 Å². The lowest BCUT2D eigenvalue weighted by atomic mass is 9.80. The van der Waals surface area contributed by atoms with E-state index in [1.807, 2.05) is 0 Å². The first kappa shape index (κ1) is 35.7. The summed E-state index contributed by atoms with van der Waals surface area (Å²) in [7, 11) is 1.37. The number of primary amides is 1. The Labute approximate surface area is 263 Å². The SMILES string of the molecule is CCN(CC1CCC(CC(N)=O)CC1)c1ncc(C(F)(F)F)cc1CN(Cc1cc(C(F)(F)F)cc(C(F)(F)F)c1)c1nnn(C)n1. The van der Waals surface area contributed by atoms with Gasteiger partial charge in [-0.25, -0.2) is 4.98 Å². The molecule has 3 aromatic rings. The maximum atomic E-state index is 13.9. The van der Waals surface area contributed by atoms with Crippen LogP contribution >= 0.6 is 0 Å². The van der Waals surface area contributed by atoms with E-state index in [9.17, 15) is 44.3 Å². The summed E-state index contributed by atoms with van der Waals surface area (Å²) in [6.45, 7) is 1.43. The Bertz CT molecular complexity index is 1500. The summed E-state index contributed by atoms with van der Waals surface area (Å²) >= 11 is 0. The van der Waals surface area contributed by atoms with Gasteiger partial charge in [0.05, 0.1) is 23.7 Å². The molecule has 0 bridgehead atoms. The van der Waals surface area contributed by atoms with E-state index in [2.05, 4.69) is 20.4 Å². The molecule has 0 radical (unpaired) electrons. The number of tetrazole rings is 1. The molecule has 0 aliphatic heterocycles. The number of nitrogens with zero attached hydrogens (tertiary/aromatic N) is 7. The summed E-state index contributed by atoms with van der Waals surface area (Å²) in [5.41, 5.74) is 0.718. The standard InChI is InChI=1S/C29H33F9N8O/c1-3-45(14-18-6-4-17(5-7-18)10-24(39)47)25-20(11-23(13-40-25)29(36,37)38)16-46(26-41-43-44(2)42-26)15-19-8-21(27(30,31)32)12-22(9-19)28(33,34)35/h8-9,11-13,17-18H,3-7,10,14-16H2,1-2H3,(H2,39,47). The highest BCUT2D eigenvalue weighted by Crippen LogP contribution is 2.38. The van der Waals surface area contributed by atoms with Gasteiger partial charge in [-0.2, -0.15) is 44.3 Å². The van der Waals surface area contributed by atoms with Crippen LogP contribution in [-0.2, 0) is 43.5 Å². The average Bonchev–Trinajstić information content (AvgIpc) is 3.41. The largest absolute Gasteiger partial charge is 0.417 e. The van der Waals surface area contributed by atoms with Crippen molar-refractivity contribution in [1.82, 2.24) is 25.2 Å². The third-order valence-electron chi connectivity index (χ3n) is 8.05. The van der Waals surface area contributed by atoms with E-state index in [1.165, 1.54) is 7.05 Å². The van der Waals surface area contributed by atoms with Crippen molar-refractivity contribution in [2.24, 2.45) is 24.6 Å². The van der Waals surface area contributed by atoms with Gasteiger partial charge in [-0.3, -0.25) is 4.79 Å². The van der Waals surface area contributed by atoms with Gasteiger partial charge in [0.25, 0.3) is 5.95 Å². The second-order valence-electron chi connectivity index (χ2n) is 11.6. The first-order valence-electron chi connectivity index (χ1n) is 14.7. The van der Waals surface area contributed by atoms with Gasteiger partial charge in [0.2, 0.25) is 5.91 Å². The van der Waals surface area contributed by atoms with Crippen LogP contribution in [0, 0.1) is 11.8 Å². The molecule has 0 unspecified atom stereocenters. The highest BCUT2D eigenvalue weighted by atomic mass is 19.4. The summed E-state index contributed by atoms with van der Waals surface area (Å²) in [4.78, 5) is 19.4. The minimum atomic E-state index is -5.11. The number of hydrogen-bond donors (Lipinski definition) is 1. The van der Waals surface area contributed by atoms with E-state index in [-0.39, 0.29) is 47.6 Å². The van der Waals surface area contributed by atoms with Gasteiger partial charge in [0, 0.05) is 44.4 Å². The predicted molar refractivity (Wildman–Crippen MR) is 152 cm³/mol. The molecule has 0 atom stereocenters. The third kappa shape index (κ3) is 9.47. The number of anilines is 2. The van der Waals surface area contributed by atoms with Gasteiger partial charge in [-0.1, -0.05) is 5.10 Å². The number of aryl methyl sites for hydroxylation is 1. The number of aromatic nitrogens is 5. The molecular formula is C29H33F9N8O. The fourth-order valence-corrected chi connectivity index (χ4v) is 5.77. The second-order valence-corrected chi connectivity index (χ2v) is 11.6. The van der Waals surface area contributed by atoms with Gasteiger partial charge in [-0.05, 0) is 79.5 Å². The molecule has 1 aromatic carbocycles. The molecule has 4 rings (SSSR count). The molecule has 0 spiro atoms. The van der Waals surface area contributed by atoms with Crippen LogP contribution < -0.4 is 15.5 Å². The van der Waals surface area contributed by atoms with Gasteiger partial charge < -0.3 is 15.5 Å². The third-order valence-corrected chi connectivity index (χ3v) is 8.05. The summed E-state index contributed by atoms with van der Waals surface area (Å²) in [5, 5.41) is 11.5. The number of alkyl halides is 9. The highest BCUT2D eigenvalue weighted by Gasteiger charge is 2.38. The van der Waals surface area contributed by atoms with Crippen molar-refractivity contribution in [3.05, 3.63) is 58.3 Å². The second kappa shape index (κ2) is 13.9. The Morgan fingerprint density at radius 3 is 1.91 bits per heavy atom. The van der Waals surface area contributed by atoms with Crippen molar-refractivity contribution < 1.29 is 44.3 Å². The first-order valence-corrected chi connectivity index (χ1v) is 14.7. The number of rotatable bonds is 11. The van der Waals surface area contributed by atoms with E-state index < -0.39 is 53.9 Å². The topological polar surface area (TPSA) is 106 Å². The minimum Gasteiger partial charge on any atom is -0.370 e. The number of halogens is 9. The maximum Gasteiger partial charge on any atom is 0.417 e. The fraction of sp³-hybridized carbons (Fsp3) is 0.552. The normalized spacial score (nSPS) is 17.5. The molecule has 0 saturated heterocycles. The number of hydrogen-bond acceptors (Lipinski definition) is 7. The van der Waals surface area contributed by atoms with Crippen molar-refractivity contribution >= 4 is 17.7 Å². The monoisotopic (exact) mass is 680 g/mol. The lowest BCUT2D eigenvalue weighted by Gasteiger charge is -2.34. The average molecular weight is 681 g/mol. The number of nitrogens with two attached hydrogens (primary N) is 1. The van der Waals surface area contributed by atoms with Crippen LogP contribution in [0.25, 0.3) is 0 Å². The van der Waals surface area contributed by atoms with Crippen LogP contribution in [0.15, 0.2) is 30.5 Å².